The molecule has 0 N–H and O–H groups in total. The molecule has 0 aliphatic carbocycles. The van der Waals surface area contributed by atoms with Gasteiger partial charge in [0, 0.05) is 31.7 Å². The molecule has 1 aromatic heterocycles. The van der Waals surface area contributed by atoms with Gasteiger partial charge in [0.15, 0.2) is 0 Å². The van der Waals surface area contributed by atoms with Gasteiger partial charge in [0.25, 0.3) is 0 Å². The Morgan fingerprint density at radius 1 is 1.16 bits per heavy atom. The highest BCUT2D eigenvalue weighted by atomic mass is 35.5. The van der Waals surface area contributed by atoms with Gasteiger partial charge in [-0.3, -0.25) is 4.79 Å². The van der Waals surface area contributed by atoms with Gasteiger partial charge in [-0.15, -0.1) is 0 Å². The van der Waals surface area contributed by atoms with Crippen LogP contribution in [0.15, 0.2) is 60.9 Å². The SMILES string of the molecule is C[C@H]1CN(c2cc(Oc3ccccc3Cl)ncn2)CCN1C(=O)Cc1ccc(F)cc1. The first-order valence-corrected chi connectivity index (χ1v) is 10.4. The zero-order chi connectivity index (χ0) is 21.8. The Morgan fingerprint density at radius 2 is 1.94 bits per heavy atom. The van der Waals surface area contributed by atoms with Crippen molar-refractivity contribution >= 4 is 23.3 Å². The van der Waals surface area contributed by atoms with Crippen molar-refractivity contribution in [1.29, 1.82) is 0 Å². The molecule has 160 valence electrons. The van der Waals surface area contributed by atoms with Crippen LogP contribution in [0.2, 0.25) is 5.02 Å². The lowest BCUT2D eigenvalue weighted by atomic mass is 10.1. The first-order chi connectivity index (χ1) is 15.0. The minimum atomic E-state index is -0.305. The van der Waals surface area contributed by atoms with E-state index in [1.165, 1.54) is 18.5 Å². The van der Waals surface area contributed by atoms with Gasteiger partial charge in [0.1, 0.15) is 23.7 Å². The third-order valence-corrected chi connectivity index (χ3v) is 5.53. The lowest BCUT2D eigenvalue weighted by Gasteiger charge is -2.40. The molecule has 0 saturated carbocycles. The Morgan fingerprint density at radius 3 is 2.68 bits per heavy atom. The van der Waals surface area contributed by atoms with Gasteiger partial charge in [-0.25, -0.2) is 14.4 Å². The summed E-state index contributed by atoms with van der Waals surface area (Å²) < 4.78 is 18.9. The van der Waals surface area contributed by atoms with Gasteiger partial charge in [0.05, 0.1) is 11.4 Å². The molecule has 1 aliphatic heterocycles. The summed E-state index contributed by atoms with van der Waals surface area (Å²) in [5.41, 5.74) is 0.804. The maximum Gasteiger partial charge on any atom is 0.227 e. The Labute approximate surface area is 185 Å². The Kier molecular flexibility index (Phi) is 6.32. The summed E-state index contributed by atoms with van der Waals surface area (Å²) in [7, 11) is 0. The molecule has 1 fully saturated rings. The first kappa shape index (κ1) is 21.1. The zero-order valence-corrected chi connectivity index (χ0v) is 17.8. The second kappa shape index (κ2) is 9.31. The highest BCUT2D eigenvalue weighted by Gasteiger charge is 2.28. The summed E-state index contributed by atoms with van der Waals surface area (Å²) in [5, 5.41) is 0.504. The predicted molar refractivity (Wildman–Crippen MR) is 117 cm³/mol. The third kappa shape index (κ3) is 5.11. The van der Waals surface area contributed by atoms with Crippen LogP contribution in [0.3, 0.4) is 0 Å². The monoisotopic (exact) mass is 440 g/mol. The number of hydrogen-bond acceptors (Lipinski definition) is 5. The van der Waals surface area contributed by atoms with E-state index < -0.39 is 0 Å². The molecular weight excluding hydrogens is 419 g/mol. The minimum absolute atomic E-state index is 0.00426. The number of carbonyl (C=O) groups is 1. The third-order valence-electron chi connectivity index (χ3n) is 5.22. The van der Waals surface area contributed by atoms with Crippen molar-refractivity contribution in [2.45, 2.75) is 19.4 Å². The fourth-order valence-electron chi connectivity index (χ4n) is 3.61. The second-order valence-corrected chi connectivity index (χ2v) is 7.84. The van der Waals surface area contributed by atoms with Gasteiger partial charge >= 0.3 is 0 Å². The van der Waals surface area contributed by atoms with Crippen LogP contribution in [-0.4, -0.2) is 46.5 Å². The Bertz CT molecular complexity index is 1060. The topological polar surface area (TPSA) is 58.6 Å². The number of amides is 1. The Hall–Kier alpha value is -3.19. The number of nitrogens with zero attached hydrogens (tertiary/aromatic N) is 4. The number of rotatable bonds is 5. The molecule has 3 aromatic rings. The van der Waals surface area contributed by atoms with Crippen molar-refractivity contribution < 1.29 is 13.9 Å². The van der Waals surface area contributed by atoms with Crippen molar-refractivity contribution in [3.63, 3.8) is 0 Å². The maximum absolute atomic E-state index is 13.1. The van der Waals surface area contributed by atoms with Crippen LogP contribution in [0.5, 0.6) is 11.6 Å². The van der Waals surface area contributed by atoms with E-state index in [1.54, 1.807) is 30.3 Å². The molecule has 6 nitrogen and oxygen atoms in total. The number of hydrogen-bond donors (Lipinski definition) is 0. The van der Waals surface area contributed by atoms with Crippen molar-refractivity contribution in [3.8, 4) is 11.6 Å². The fraction of sp³-hybridized carbons (Fsp3) is 0.261. The van der Waals surface area contributed by atoms with Crippen LogP contribution < -0.4 is 9.64 Å². The number of anilines is 1. The van der Waals surface area contributed by atoms with Crippen LogP contribution in [0, 0.1) is 5.82 Å². The number of carbonyl (C=O) groups excluding carboxylic acids is 1. The summed E-state index contributed by atoms with van der Waals surface area (Å²) >= 11 is 6.16. The van der Waals surface area contributed by atoms with Gasteiger partial charge in [0.2, 0.25) is 11.8 Å². The van der Waals surface area contributed by atoms with Crippen molar-refractivity contribution in [2.24, 2.45) is 0 Å². The average Bonchev–Trinajstić information content (AvgIpc) is 2.77. The summed E-state index contributed by atoms with van der Waals surface area (Å²) in [5.74, 6) is 1.39. The van der Waals surface area contributed by atoms with E-state index >= 15 is 0 Å². The van der Waals surface area contributed by atoms with Gasteiger partial charge in [-0.1, -0.05) is 35.9 Å². The maximum atomic E-state index is 13.1. The number of piperazine rings is 1. The number of halogens is 2. The van der Waals surface area contributed by atoms with Crippen molar-refractivity contribution in [1.82, 2.24) is 14.9 Å². The molecule has 4 rings (SSSR count). The van der Waals surface area contributed by atoms with Crippen LogP contribution >= 0.6 is 11.6 Å². The molecule has 1 amide bonds. The predicted octanol–water partition coefficient (Wildman–Crippen LogP) is 4.34. The van der Waals surface area contributed by atoms with E-state index in [0.717, 1.165) is 11.4 Å². The lowest BCUT2D eigenvalue weighted by Crippen LogP contribution is -2.54. The summed E-state index contributed by atoms with van der Waals surface area (Å²) in [6.07, 6.45) is 1.71. The van der Waals surface area contributed by atoms with E-state index in [4.69, 9.17) is 16.3 Å². The van der Waals surface area contributed by atoms with Crippen molar-refractivity contribution in [3.05, 3.63) is 77.3 Å². The van der Waals surface area contributed by atoms with Gasteiger partial charge in [-0.2, -0.15) is 0 Å². The highest BCUT2D eigenvalue weighted by Crippen LogP contribution is 2.29. The molecule has 0 radical (unpaired) electrons. The first-order valence-electron chi connectivity index (χ1n) is 10.0. The second-order valence-electron chi connectivity index (χ2n) is 7.43. The smallest absolute Gasteiger partial charge is 0.227 e. The van der Waals surface area contributed by atoms with Crippen LogP contribution in [0.1, 0.15) is 12.5 Å². The van der Waals surface area contributed by atoms with Gasteiger partial charge in [-0.05, 0) is 36.8 Å². The van der Waals surface area contributed by atoms with Crippen molar-refractivity contribution in [2.75, 3.05) is 24.5 Å². The molecule has 2 heterocycles. The summed E-state index contributed by atoms with van der Waals surface area (Å²) in [4.78, 5) is 25.3. The molecular formula is C23H22ClFN4O2. The quantitative estimate of drug-likeness (QED) is 0.590. The molecule has 1 atom stereocenters. The zero-order valence-electron chi connectivity index (χ0n) is 17.0. The molecule has 0 unspecified atom stereocenters. The molecule has 1 aliphatic rings. The van der Waals surface area contributed by atoms with E-state index in [9.17, 15) is 9.18 Å². The molecule has 8 heteroatoms. The van der Waals surface area contributed by atoms with E-state index in [-0.39, 0.29) is 24.2 Å². The average molecular weight is 441 g/mol. The molecule has 0 bridgehead atoms. The summed E-state index contributed by atoms with van der Waals surface area (Å²) in [6, 6.07) is 15.0. The van der Waals surface area contributed by atoms with E-state index in [0.29, 0.717) is 36.3 Å². The summed E-state index contributed by atoms with van der Waals surface area (Å²) in [6.45, 7) is 3.86. The van der Waals surface area contributed by atoms with Crippen LogP contribution in [0.25, 0.3) is 0 Å². The number of ether oxygens (including phenoxy) is 1. The Balaban J connectivity index is 1.40. The molecule has 2 aromatic carbocycles. The number of benzene rings is 2. The number of aromatic nitrogens is 2. The largest absolute Gasteiger partial charge is 0.437 e. The van der Waals surface area contributed by atoms with Gasteiger partial charge < -0.3 is 14.5 Å². The van der Waals surface area contributed by atoms with E-state index in [2.05, 4.69) is 14.9 Å². The number of para-hydroxylation sites is 1. The van der Waals surface area contributed by atoms with E-state index in [1.807, 2.05) is 24.0 Å². The lowest BCUT2D eigenvalue weighted by molar-refractivity contribution is -0.132. The fourth-order valence-corrected chi connectivity index (χ4v) is 3.79. The minimum Gasteiger partial charge on any atom is -0.437 e. The normalized spacial score (nSPS) is 16.3. The molecule has 1 saturated heterocycles. The highest BCUT2D eigenvalue weighted by molar-refractivity contribution is 6.32. The molecule has 0 spiro atoms. The standard InChI is InChI=1S/C23H22ClFN4O2/c1-16-14-28(10-11-29(16)23(30)12-17-6-8-18(25)9-7-17)21-13-22(27-15-26-21)31-20-5-3-2-4-19(20)24/h2-9,13,15-16H,10-12,14H2,1H3/t16-/m0/s1. The molecule has 31 heavy (non-hydrogen) atoms. The van der Waals surface area contributed by atoms with Crippen LogP contribution in [0.4, 0.5) is 10.2 Å². The van der Waals surface area contributed by atoms with Crippen LogP contribution in [-0.2, 0) is 11.2 Å².